The van der Waals surface area contributed by atoms with Crippen molar-refractivity contribution in [2.24, 2.45) is 4.99 Å². The first-order chi connectivity index (χ1) is 14.5. The SMILES string of the molecule is O=c1[nH]c(O)c(C=Nc2ccc(OCc3ccc(Cl)cc3)c(Cl)c2)c2ccccc12. The molecule has 0 saturated heterocycles. The van der Waals surface area contributed by atoms with Crippen LogP contribution >= 0.6 is 23.2 Å². The van der Waals surface area contributed by atoms with Gasteiger partial charge in [0.05, 0.1) is 16.3 Å². The van der Waals surface area contributed by atoms with Gasteiger partial charge in [-0.05, 0) is 42.0 Å². The lowest BCUT2D eigenvalue weighted by atomic mass is 10.1. The van der Waals surface area contributed by atoms with Crippen LogP contribution in [0.4, 0.5) is 5.69 Å². The number of nitrogens with zero attached hydrogens (tertiary/aromatic N) is 1. The highest BCUT2D eigenvalue weighted by atomic mass is 35.5. The lowest BCUT2D eigenvalue weighted by Gasteiger charge is -2.09. The van der Waals surface area contributed by atoms with Gasteiger partial charge in [0.15, 0.2) is 0 Å². The van der Waals surface area contributed by atoms with Crippen LogP contribution in [0.5, 0.6) is 11.6 Å². The van der Waals surface area contributed by atoms with E-state index in [0.717, 1.165) is 5.56 Å². The number of benzene rings is 3. The van der Waals surface area contributed by atoms with Gasteiger partial charge in [-0.2, -0.15) is 0 Å². The predicted molar refractivity (Wildman–Crippen MR) is 121 cm³/mol. The topological polar surface area (TPSA) is 74.7 Å². The van der Waals surface area contributed by atoms with Crippen LogP contribution in [0.1, 0.15) is 11.1 Å². The molecule has 0 saturated carbocycles. The Kier molecular flexibility index (Phi) is 5.74. The maximum Gasteiger partial charge on any atom is 0.258 e. The Labute approximate surface area is 182 Å². The minimum absolute atomic E-state index is 0.239. The fourth-order valence-electron chi connectivity index (χ4n) is 2.98. The monoisotopic (exact) mass is 438 g/mol. The normalized spacial score (nSPS) is 11.3. The van der Waals surface area contributed by atoms with Crippen LogP contribution in [-0.2, 0) is 6.61 Å². The highest BCUT2D eigenvalue weighted by molar-refractivity contribution is 6.32. The van der Waals surface area contributed by atoms with E-state index in [2.05, 4.69) is 9.98 Å². The highest BCUT2D eigenvalue weighted by Gasteiger charge is 2.09. The molecule has 0 bridgehead atoms. The Morgan fingerprint density at radius 2 is 1.73 bits per heavy atom. The molecule has 150 valence electrons. The summed E-state index contributed by atoms with van der Waals surface area (Å²) < 4.78 is 5.76. The summed E-state index contributed by atoms with van der Waals surface area (Å²) in [7, 11) is 0. The molecule has 1 aromatic heterocycles. The van der Waals surface area contributed by atoms with Crippen molar-refractivity contribution < 1.29 is 9.84 Å². The van der Waals surface area contributed by atoms with E-state index in [-0.39, 0.29) is 11.4 Å². The standard InChI is InChI=1S/C23H16Cl2N2O3/c24-15-7-5-14(6-8-15)13-30-21-10-9-16(11-20(21)25)26-12-19-17-3-1-2-4-18(17)22(28)27-23(19)29/h1-12H,13H2,(H2,27,28,29). The molecule has 0 radical (unpaired) electrons. The van der Waals surface area contributed by atoms with Crippen molar-refractivity contribution in [3.05, 3.63) is 98.3 Å². The van der Waals surface area contributed by atoms with Crippen molar-refractivity contribution in [2.75, 3.05) is 0 Å². The van der Waals surface area contributed by atoms with Gasteiger partial charge in [-0.25, -0.2) is 0 Å². The van der Waals surface area contributed by atoms with E-state index in [4.69, 9.17) is 27.9 Å². The fraction of sp³-hybridized carbons (Fsp3) is 0.0435. The van der Waals surface area contributed by atoms with E-state index in [1.165, 1.54) is 6.21 Å². The van der Waals surface area contributed by atoms with E-state index in [1.54, 1.807) is 54.6 Å². The molecule has 0 amide bonds. The van der Waals surface area contributed by atoms with Gasteiger partial charge in [0, 0.05) is 22.0 Å². The zero-order chi connectivity index (χ0) is 21.1. The number of rotatable bonds is 5. The van der Waals surface area contributed by atoms with Crippen molar-refractivity contribution >= 4 is 45.9 Å². The third kappa shape index (κ3) is 4.32. The van der Waals surface area contributed by atoms with Gasteiger partial charge >= 0.3 is 0 Å². The molecule has 4 aromatic rings. The van der Waals surface area contributed by atoms with Crippen LogP contribution in [0.25, 0.3) is 10.8 Å². The summed E-state index contributed by atoms with van der Waals surface area (Å²) in [5.41, 5.74) is 1.61. The molecule has 0 fully saturated rings. The van der Waals surface area contributed by atoms with Gasteiger partial charge in [0.2, 0.25) is 5.88 Å². The first-order valence-corrected chi connectivity index (χ1v) is 9.82. The predicted octanol–water partition coefficient (Wildman–Crippen LogP) is 5.87. The molecule has 0 aliphatic heterocycles. The molecular weight excluding hydrogens is 423 g/mol. The first kappa shape index (κ1) is 20.0. The zero-order valence-electron chi connectivity index (χ0n) is 15.6. The number of aromatic hydroxyl groups is 1. The Morgan fingerprint density at radius 3 is 2.47 bits per heavy atom. The van der Waals surface area contributed by atoms with Gasteiger partial charge in [-0.15, -0.1) is 0 Å². The largest absolute Gasteiger partial charge is 0.494 e. The molecule has 1 heterocycles. The maximum absolute atomic E-state index is 12.0. The van der Waals surface area contributed by atoms with Gasteiger partial charge in [0.25, 0.3) is 5.56 Å². The summed E-state index contributed by atoms with van der Waals surface area (Å²) in [6.45, 7) is 0.358. The molecule has 4 rings (SSSR count). The van der Waals surface area contributed by atoms with E-state index in [1.807, 2.05) is 12.1 Å². The molecule has 30 heavy (non-hydrogen) atoms. The summed E-state index contributed by atoms with van der Waals surface area (Å²) >= 11 is 12.2. The molecule has 0 aliphatic carbocycles. The number of halogens is 2. The Morgan fingerprint density at radius 1 is 1.00 bits per heavy atom. The van der Waals surface area contributed by atoms with Gasteiger partial charge in [-0.1, -0.05) is 53.5 Å². The fourth-order valence-corrected chi connectivity index (χ4v) is 3.34. The van der Waals surface area contributed by atoms with Crippen molar-refractivity contribution in [3.63, 3.8) is 0 Å². The summed E-state index contributed by atoms with van der Waals surface area (Å²) in [5.74, 6) is 0.291. The second-order valence-electron chi connectivity index (χ2n) is 6.55. The second kappa shape index (κ2) is 8.61. The van der Waals surface area contributed by atoms with Crippen LogP contribution < -0.4 is 10.3 Å². The number of ether oxygens (including phenoxy) is 1. The number of H-pyrrole nitrogens is 1. The molecule has 0 aliphatic rings. The summed E-state index contributed by atoms with van der Waals surface area (Å²) in [5, 5.41) is 12.3. The van der Waals surface area contributed by atoms with Gasteiger partial charge < -0.3 is 9.84 Å². The number of aliphatic imine (C=N–C) groups is 1. The summed E-state index contributed by atoms with van der Waals surface area (Å²) in [6.07, 6.45) is 1.49. The summed E-state index contributed by atoms with van der Waals surface area (Å²) in [4.78, 5) is 18.8. The van der Waals surface area contributed by atoms with Crippen molar-refractivity contribution in [3.8, 4) is 11.6 Å². The van der Waals surface area contributed by atoms with Crippen molar-refractivity contribution in [2.45, 2.75) is 6.61 Å². The second-order valence-corrected chi connectivity index (χ2v) is 7.39. The Balaban J connectivity index is 1.55. The van der Waals surface area contributed by atoms with Crippen LogP contribution in [0.2, 0.25) is 10.0 Å². The number of fused-ring (bicyclic) bond motifs is 1. The average Bonchev–Trinajstić information content (AvgIpc) is 2.74. The van der Waals surface area contributed by atoms with Crippen LogP contribution in [0.3, 0.4) is 0 Å². The molecule has 3 aromatic carbocycles. The van der Waals surface area contributed by atoms with Crippen LogP contribution in [0.15, 0.2) is 76.5 Å². The third-order valence-corrected chi connectivity index (χ3v) is 5.06. The minimum atomic E-state index is -0.356. The van der Waals surface area contributed by atoms with Crippen molar-refractivity contribution in [1.82, 2.24) is 4.98 Å². The Bertz CT molecular complexity index is 1300. The number of hydrogen-bond donors (Lipinski definition) is 2. The lowest BCUT2D eigenvalue weighted by molar-refractivity contribution is 0.306. The first-order valence-electron chi connectivity index (χ1n) is 9.06. The molecule has 7 heteroatoms. The molecule has 0 atom stereocenters. The van der Waals surface area contributed by atoms with Crippen LogP contribution in [0, 0.1) is 0 Å². The van der Waals surface area contributed by atoms with Crippen molar-refractivity contribution in [1.29, 1.82) is 0 Å². The van der Waals surface area contributed by atoms with Crippen LogP contribution in [-0.4, -0.2) is 16.3 Å². The molecule has 2 N–H and O–H groups in total. The highest BCUT2D eigenvalue weighted by Crippen LogP contribution is 2.30. The summed E-state index contributed by atoms with van der Waals surface area (Å²) in [6, 6.07) is 19.5. The molecule has 0 unspecified atom stereocenters. The van der Waals surface area contributed by atoms with Gasteiger partial charge in [-0.3, -0.25) is 14.8 Å². The third-order valence-electron chi connectivity index (χ3n) is 4.51. The molecule has 0 spiro atoms. The van der Waals surface area contributed by atoms with E-state index >= 15 is 0 Å². The number of pyridine rings is 1. The number of nitrogens with one attached hydrogen (secondary N) is 1. The number of hydrogen-bond acceptors (Lipinski definition) is 4. The number of aromatic nitrogens is 1. The minimum Gasteiger partial charge on any atom is -0.494 e. The zero-order valence-corrected chi connectivity index (χ0v) is 17.1. The number of aromatic amines is 1. The van der Waals surface area contributed by atoms with Gasteiger partial charge in [0.1, 0.15) is 12.4 Å². The maximum atomic E-state index is 12.0. The van der Waals surface area contributed by atoms with E-state index < -0.39 is 0 Å². The molecular formula is C23H16Cl2N2O3. The van der Waals surface area contributed by atoms with E-state index in [9.17, 15) is 9.90 Å². The Hall–Kier alpha value is -3.28. The molecule has 5 nitrogen and oxygen atoms in total. The smallest absolute Gasteiger partial charge is 0.258 e. The van der Waals surface area contributed by atoms with E-state index in [0.29, 0.717) is 44.4 Å². The lowest BCUT2D eigenvalue weighted by Crippen LogP contribution is -2.07. The average molecular weight is 439 g/mol. The quantitative estimate of drug-likeness (QED) is 0.382.